The van der Waals surface area contributed by atoms with E-state index in [1.54, 1.807) is 12.5 Å². The smallest absolute Gasteiger partial charge is 0.220 e. The van der Waals surface area contributed by atoms with Crippen molar-refractivity contribution in [3.8, 4) is 0 Å². The number of aryl methyl sites for hydroxylation is 1. The van der Waals surface area contributed by atoms with Crippen molar-refractivity contribution in [1.29, 1.82) is 0 Å². The van der Waals surface area contributed by atoms with Crippen LogP contribution in [-0.2, 0) is 11.3 Å². The molecule has 0 unspecified atom stereocenters. The van der Waals surface area contributed by atoms with E-state index < -0.39 is 0 Å². The van der Waals surface area contributed by atoms with Gasteiger partial charge in [-0.25, -0.2) is 4.98 Å². The number of allylic oxidation sites excluding steroid dienone is 1. The molecule has 0 saturated carbocycles. The Morgan fingerprint density at radius 1 is 1.50 bits per heavy atom. The summed E-state index contributed by atoms with van der Waals surface area (Å²) in [5.41, 5.74) is 0. The van der Waals surface area contributed by atoms with Gasteiger partial charge in [-0.05, 0) is 6.42 Å². The summed E-state index contributed by atoms with van der Waals surface area (Å²) in [6, 6.07) is 0. The van der Waals surface area contributed by atoms with E-state index in [1.807, 2.05) is 10.8 Å². The molecule has 1 aromatic rings. The van der Waals surface area contributed by atoms with Crippen LogP contribution in [0.3, 0.4) is 0 Å². The standard InChI is InChI=1S/C11H17N3O2/c1-10(15)3-4-11(16)13-5-2-7-14-8-6-12-9-14/h6,8-9,15H,1-5,7H2,(H,13,16). The SMILES string of the molecule is C=C(O)CCC(=O)NCCCn1ccnc1. The largest absolute Gasteiger partial charge is 0.513 e. The molecule has 2 N–H and O–H groups in total. The highest BCUT2D eigenvalue weighted by atomic mass is 16.3. The van der Waals surface area contributed by atoms with Gasteiger partial charge in [-0.1, -0.05) is 6.58 Å². The molecule has 1 rings (SSSR count). The van der Waals surface area contributed by atoms with Crippen molar-refractivity contribution < 1.29 is 9.90 Å². The van der Waals surface area contributed by atoms with Crippen molar-refractivity contribution in [3.05, 3.63) is 31.1 Å². The Morgan fingerprint density at radius 3 is 2.94 bits per heavy atom. The molecular weight excluding hydrogens is 206 g/mol. The fourth-order valence-corrected chi connectivity index (χ4v) is 1.25. The zero-order valence-electron chi connectivity index (χ0n) is 9.22. The summed E-state index contributed by atoms with van der Waals surface area (Å²) in [5.74, 6) is -0.00519. The van der Waals surface area contributed by atoms with Crippen LogP contribution in [0.25, 0.3) is 0 Å². The van der Waals surface area contributed by atoms with Gasteiger partial charge in [0.15, 0.2) is 0 Å². The van der Waals surface area contributed by atoms with Crippen molar-refractivity contribution >= 4 is 5.91 Å². The molecule has 0 atom stereocenters. The fourth-order valence-electron chi connectivity index (χ4n) is 1.25. The van der Waals surface area contributed by atoms with Crippen LogP contribution in [0.5, 0.6) is 0 Å². The predicted octanol–water partition coefficient (Wildman–Crippen LogP) is 1.24. The van der Waals surface area contributed by atoms with Crippen LogP contribution < -0.4 is 5.32 Å². The minimum atomic E-state index is -0.0548. The molecule has 16 heavy (non-hydrogen) atoms. The van der Waals surface area contributed by atoms with Crippen molar-refractivity contribution in [1.82, 2.24) is 14.9 Å². The molecule has 1 heterocycles. The van der Waals surface area contributed by atoms with Gasteiger partial charge in [-0.2, -0.15) is 0 Å². The van der Waals surface area contributed by atoms with Crippen LogP contribution in [0.15, 0.2) is 31.1 Å². The lowest BCUT2D eigenvalue weighted by atomic mass is 10.2. The first-order chi connectivity index (χ1) is 7.68. The molecule has 0 aliphatic heterocycles. The quantitative estimate of drug-likeness (QED) is 0.540. The Morgan fingerprint density at radius 2 is 2.31 bits per heavy atom. The number of hydrogen-bond acceptors (Lipinski definition) is 3. The van der Waals surface area contributed by atoms with Gasteiger partial charge in [0.1, 0.15) is 0 Å². The van der Waals surface area contributed by atoms with Gasteiger partial charge in [0.2, 0.25) is 5.91 Å². The van der Waals surface area contributed by atoms with E-state index in [2.05, 4.69) is 16.9 Å². The molecule has 0 saturated heterocycles. The normalized spacial score (nSPS) is 10.0. The minimum absolute atomic E-state index is 0.0496. The number of imidazole rings is 1. The Hall–Kier alpha value is -1.78. The van der Waals surface area contributed by atoms with Gasteiger partial charge < -0.3 is 15.0 Å². The van der Waals surface area contributed by atoms with Crippen molar-refractivity contribution in [3.63, 3.8) is 0 Å². The van der Waals surface area contributed by atoms with E-state index in [1.165, 1.54) is 0 Å². The molecule has 0 aliphatic rings. The number of rotatable bonds is 7. The summed E-state index contributed by atoms with van der Waals surface area (Å²) >= 11 is 0. The maximum atomic E-state index is 11.2. The molecule has 0 fully saturated rings. The molecule has 0 bridgehead atoms. The maximum absolute atomic E-state index is 11.2. The zero-order valence-corrected chi connectivity index (χ0v) is 9.22. The summed E-state index contributed by atoms with van der Waals surface area (Å²) in [6.45, 7) is 4.80. The van der Waals surface area contributed by atoms with Crippen molar-refractivity contribution in [2.45, 2.75) is 25.8 Å². The number of nitrogens with zero attached hydrogens (tertiary/aromatic N) is 2. The monoisotopic (exact) mass is 223 g/mol. The van der Waals surface area contributed by atoms with Gasteiger partial charge in [-0.15, -0.1) is 0 Å². The molecule has 0 aromatic carbocycles. The highest BCUT2D eigenvalue weighted by Crippen LogP contribution is 1.97. The highest BCUT2D eigenvalue weighted by Gasteiger charge is 2.01. The second kappa shape index (κ2) is 6.66. The Labute approximate surface area is 94.8 Å². The number of aromatic nitrogens is 2. The van der Waals surface area contributed by atoms with Gasteiger partial charge in [0, 0.05) is 38.3 Å². The van der Waals surface area contributed by atoms with Crippen molar-refractivity contribution in [2.24, 2.45) is 0 Å². The average molecular weight is 223 g/mol. The van der Waals surface area contributed by atoms with E-state index in [-0.39, 0.29) is 11.7 Å². The van der Waals surface area contributed by atoms with Gasteiger partial charge in [0.05, 0.1) is 12.1 Å². The molecule has 1 amide bonds. The Kier molecular flexibility index (Phi) is 5.11. The van der Waals surface area contributed by atoms with E-state index in [0.717, 1.165) is 13.0 Å². The number of aliphatic hydroxyl groups is 1. The third kappa shape index (κ3) is 5.19. The molecule has 5 heteroatoms. The molecule has 5 nitrogen and oxygen atoms in total. The number of amides is 1. The van der Waals surface area contributed by atoms with E-state index in [4.69, 9.17) is 5.11 Å². The topological polar surface area (TPSA) is 67.2 Å². The first-order valence-corrected chi connectivity index (χ1v) is 5.27. The first-order valence-electron chi connectivity index (χ1n) is 5.27. The summed E-state index contributed by atoms with van der Waals surface area (Å²) in [6.07, 6.45) is 6.84. The number of carbonyl (C=O) groups is 1. The molecule has 0 aliphatic carbocycles. The third-order valence-corrected chi connectivity index (χ3v) is 2.12. The summed E-state index contributed by atoms with van der Waals surface area (Å²) in [7, 11) is 0. The zero-order chi connectivity index (χ0) is 11.8. The second-order valence-electron chi connectivity index (χ2n) is 3.57. The molecule has 1 aromatic heterocycles. The van der Waals surface area contributed by atoms with Crippen LogP contribution in [-0.4, -0.2) is 27.1 Å². The van der Waals surface area contributed by atoms with Crippen LogP contribution in [0.2, 0.25) is 0 Å². The number of nitrogens with one attached hydrogen (secondary N) is 1. The van der Waals surface area contributed by atoms with Crippen LogP contribution in [0.1, 0.15) is 19.3 Å². The van der Waals surface area contributed by atoms with E-state index >= 15 is 0 Å². The molecule has 0 spiro atoms. The van der Waals surface area contributed by atoms with Crippen LogP contribution >= 0.6 is 0 Å². The second-order valence-corrected chi connectivity index (χ2v) is 3.57. The number of hydrogen-bond donors (Lipinski definition) is 2. The van der Waals surface area contributed by atoms with E-state index in [9.17, 15) is 4.79 Å². The highest BCUT2D eigenvalue weighted by molar-refractivity contribution is 5.75. The third-order valence-electron chi connectivity index (χ3n) is 2.12. The number of carbonyl (C=O) groups excluding carboxylic acids is 1. The Bertz CT molecular complexity index is 333. The molecule has 0 radical (unpaired) electrons. The molecular formula is C11H17N3O2. The van der Waals surface area contributed by atoms with Crippen LogP contribution in [0.4, 0.5) is 0 Å². The van der Waals surface area contributed by atoms with Gasteiger partial charge in [0.25, 0.3) is 0 Å². The average Bonchev–Trinajstić information content (AvgIpc) is 2.74. The minimum Gasteiger partial charge on any atom is -0.513 e. The fraction of sp³-hybridized carbons (Fsp3) is 0.455. The van der Waals surface area contributed by atoms with Crippen LogP contribution in [0, 0.1) is 0 Å². The lowest BCUT2D eigenvalue weighted by molar-refractivity contribution is -0.121. The summed E-state index contributed by atoms with van der Waals surface area (Å²) in [5, 5.41) is 11.6. The Balaban J connectivity index is 2.02. The van der Waals surface area contributed by atoms with Gasteiger partial charge in [-0.3, -0.25) is 4.79 Å². The lowest BCUT2D eigenvalue weighted by Crippen LogP contribution is -2.24. The maximum Gasteiger partial charge on any atom is 0.220 e. The number of aliphatic hydroxyl groups excluding tert-OH is 1. The van der Waals surface area contributed by atoms with E-state index in [0.29, 0.717) is 19.4 Å². The van der Waals surface area contributed by atoms with Crippen molar-refractivity contribution in [2.75, 3.05) is 6.54 Å². The predicted molar refractivity (Wildman–Crippen MR) is 60.9 cm³/mol. The molecule has 88 valence electrons. The lowest BCUT2D eigenvalue weighted by Gasteiger charge is -2.05. The first kappa shape index (κ1) is 12.3. The summed E-state index contributed by atoms with van der Waals surface area (Å²) in [4.78, 5) is 15.1. The van der Waals surface area contributed by atoms with Gasteiger partial charge >= 0.3 is 0 Å². The summed E-state index contributed by atoms with van der Waals surface area (Å²) < 4.78 is 1.96.